The molecule has 1 unspecified atom stereocenters. The molecule has 33 heavy (non-hydrogen) atoms. The number of aliphatic carboxylic acids is 1. The second kappa shape index (κ2) is 12.9. The number of rotatable bonds is 9. The third-order valence-electron chi connectivity index (χ3n) is 7.14. The minimum absolute atomic E-state index is 0.0749. The molecule has 2 atom stereocenters. The number of carbonyl (C=O) groups excluding carboxylic acids is 1. The Morgan fingerprint density at radius 3 is 2.42 bits per heavy atom. The molecule has 186 valence electrons. The van der Waals surface area contributed by atoms with E-state index >= 15 is 0 Å². The van der Waals surface area contributed by atoms with Crippen molar-refractivity contribution in [2.75, 3.05) is 26.2 Å². The van der Waals surface area contributed by atoms with Crippen LogP contribution in [0.15, 0.2) is 12.2 Å². The highest BCUT2D eigenvalue weighted by Gasteiger charge is 2.34. The average molecular weight is 464 g/mol. The van der Waals surface area contributed by atoms with E-state index in [-0.39, 0.29) is 36.5 Å². The summed E-state index contributed by atoms with van der Waals surface area (Å²) in [5.74, 6) is -0.898. The molecule has 0 spiro atoms. The van der Waals surface area contributed by atoms with Crippen molar-refractivity contribution in [3.63, 3.8) is 0 Å². The van der Waals surface area contributed by atoms with Crippen LogP contribution in [-0.2, 0) is 14.3 Å². The van der Waals surface area contributed by atoms with Gasteiger partial charge in [0.1, 0.15) is 0 Å². The molecule has 0 saturated carbocycles. The number of nitrogens with one attached hydrogen (secondary N) is 2. The molecule has 1 amide bonds. The predicted molar refractivity (Wildman–Crippen MR) is 127 cm³/mol. The molecule has 0 bridgehead atoms. The van der Waals surface area contributed by atoms with Crippen molar-refractivity contribution in [1.82, 2.24) is 15.1 Å². The highest BCUT2D eigenvalue weighted by molar-refractivity contribution is 5.86. The van der Waals surface area contributed by atoms with Crippen LogP contribution in [0.3, 0.4) is 0 Å². The Bertz CT molecular complexity index is 682. The van der Waals surface area contributed by atoms with Gasteiger partial charge in [-0.2, -0.15) is 0 Å². The van der Waals surface area contributed by atoms with Crippen LogP contribution in [0, 0.1) is 5.41 Å². The summed E-state index contributed by atoms with van der Waals surface area (Å²) in [4.78, 5) is 28.8. The Hall–Kier alpha value is -2.13. The largest absolute Gasteiger partial charge is 0.481 e. The Morgan fingerprint density at radius 1 is 1.09 bits per heavy atom. The van der Waals surface area contributed by atoms with Crippen LogP contribution in [0.4, 0.5) is 0 Å². The summed E-state index contributed by atoms with van der Waals surface area (Å²) in [6.45, 7) is 2.76. The molecule has 0 aromatic heterocycles. The van der Waals surface area contributed by atoms with Crippen molar-refractivity contribution >= 4 is 17.8 Å². The first-order chi connectivity index (χ1) is 15.9. The van der Waals surface area contributed by atoms with E-state index in [0.29, 0.717) is 13.2 Å². The zero-order valence-electron chi connectivity index (χ0n) is 19.7. The molecule has 0 aromatic carbocycles. The summed E-state index contributed by atoms with van der Waals surface area (Å²) in [7, 11) is 0. The molecule has 2 saturated heterocycles. The first-order valence-electron chi connectivity index (χ1n) is 12.6. The molecule has 3 rings (SSSR count). The van der Waals surface area contributed by atoms with Crippen LogP contribution < -0.4 is 11.1 Å². The second-order valence-corrected chi connectivity index (χ2v) is 9.55. The van der Waals surface area contributed by atoms with E-state index in [9.17, 15) is 14.7 Å². The van der Waals surface area contributed by atoms with Gasteiger partial charge in [-0.25, -0.2) is 0 Å². The van der Waals surface area contributed by atoms with Gasteiger partial charge in [0.05, 0.1) is 18.6 Å². The van der Waals surface area contributed by atoms with Crippen molar-refractivity contribution in [2.45, 2.75) is 94.9 Å². The van der Waals surface area contributed by atoms with Gasteiger partial charge in [-0.3, -0.25) is 15.0 Å². The molecule has 5 N–H and O–H groups in total. The van der Waals surface area contributed by atoms with E-state index in [2.05, 4.69) is 17.5 Å². The van der Waals surface area contributed by atoms with Gasteiger partial charge in [0.25, 0.3) is 0 Å². The van der Waals surface area contributed by atoms with E-state index < -0.39 is 12.0 Å². The van der Waals surface area contributed by atoms with Crippen molar-refractivity contribution in [3.8, 4) is 0 Å². The minimum Gasteiger partial charge on any atom is -0.481 e. The van der Waals surface area contributed by atoms with Crippen LogP contribution in [0.5, 0.6) is 0 Å². The molecule has 0 aromatic rings. The summed E-state index contributed by atoms with van der Waals surface area (Å²) in [6.07, 6.45) is 13.5. The summed E-state index contributed by atoms with van der Waals surface area (Å²) in [5.41, 5.74) is 5.56. The van der Waals surface area contributed by atoms with Gasteiger partial charge < -0.3 is 30.7 Å². The predicted octanol–water partition coefficient (Wildman–Crippen LogP) is 2.06. The number of piperidine rings is 2. The van der Waals surface area contributed by atoms with Crippen LogP contribution in [0.25, 0.3) is 0 Å². The first kappa shape index (κ1) is 25.5. The molecular weight excluding hydrogens is 422 g/mol. The van der Waals surface area contributed by atoms with Gasteiger partial charge in [0.15, 0.2) is 5.96 Å². The van der Waals surface area contributed by atoms with Crippen molar-refractivity contribution in [3.05, 3.63) is 12.2 Å². The van der Waals surface area contributed by atoms with Crippen LogP contribution >= 0.6 is 0 Å². The molecular formula is C24H41N5O4. The lowest BCUT2D eigenvalue weighted by molar-refractivity contribution is -0.145. The molecule has 0 radical (unpaired) electrons. The monoisotopic (exact) mass is 463 g/mol. The lowest BCUT2D eigenvalue weighted by Gasteiger charge is -2.39. The number of ether oxygens (including phenoxy) is 1. The fourth-order valence-corrected chi connectivity index (χ4v) is 5.24. The quantitative estimate of drug-likeness (QED) is 0.234. The Kier molecular flexibility index (Phi) is 9.99. The number of carboxylic acids is 1. The van der Waals surface area contributed by atoms with Gasteiger partial charge >= 0.3 is 5.97 Å². The maximum absolute atomic E-state index is 13.5. The standard InChI is InChI=1S/C24H41N5O4/c25-24(26)28-14-10-20(11-15-28)33-16-12-19-9-5-6-13-29(19)23(32)21(17-22(30)31)27-18-7-3-1-2-4-8-18/h1-2,18-21,27H,3-17H2,(H3,25,26)(H,30,31)/t19?,21-/m0/s1. The SMILES string of the molecule is N=C(N)N1CCC(OCCC2CCCCN2C(=O)[C@H](CC(=O)O)NC2CCC=CCC2)CC1. The third-order valence-corrected chi connectivity index (χ3v) is 7.14. The lowest BCUT2D eigenvalue weighted by Crippen LogP contribution is -2.55. The van der Waals surface area contributed by atoms with E-state index in [1.54, 1.807) is 0 Å². The molecule has 3 aliphatic rings. The van der Waals surface area contributed by atoms with Gasteiger partial charge in [0.2, 0.25) is 5.91 Å². The fraction of sp³-hybridized carbons (Fsp3) is 0.792. The van der Waals surface area contributed by atoms with E-state index in [0.717, 1.165) is 77.3 Å². The Labute approximate surface area is 197 Å². The van der Waals surface area contributed by atoms with Crippen molar-refractivity contribution in [1.29, 1.82) is 5.41 Å². The van der Waals surface area contributed by atoms with Gasteiger partial charge in [-0.05, 0) is 64.2 Å². The van der Waals surface area contributed by atoms with E-state index in [1.165, 1.54) is 0 Å². The number of nitrogens with two attached hydrogens (primary N) is 1. The number of guanidine groups is 1. The molecule has 2 heterocycles. The number of allylic oxidation sites excluding steroid dienone is 2. The van der Waals surface area contributed by atoms with Crippen LogP contribution in [-0.4, -0.2) is 83.2 Å². The highest BCUT2D eigenvalue weighted by atomic mass is 16.5. The first-order valence-corrected chi connectivity index (χ1v) is 12.6. The smallest absolute Gasteiger partial charge is 0.305 e. The highest BCUT2D eigenvalue weighted by Crippen LogP contribution is 2.23. The number of amides is 1. The maximum atomic E-state index is 13.5. The van der Waals surface area contributed by atoms with Crippen molar-refractivity contribution in [2.24, 2.45) is 5.73 Å². The number of carboxylic acid groups (broad SMARTS) is 1. The van der Waals surface area contributed by atoms with Crippen molar-refractivity contribution < 1.29 is 19.4 Å². The average Bonchev–Trinajstić information content (AvgIpc) is 3.07. The van der Waals surface area contributed by atoms with Crippen LogP contribution in [0.2, 0.25) is 0 Å². The topological polar surface area (TPSA) is 132 Å². The third kappa shape index (κ3) is 7.99. The van der Waals surface area contributed by atoms with Gasteiger partial charge in [-0.15, -0.1) is 0 Å². The molecule has 2 fully saturated rings. The molecule has 9 nitrogen and oxygen atoms in total. The maximum Gasteiger partial charge on any atom is 0.305 e. The number of carbonyl (C=O) groups is 2. The molecule has 2 aliphatic heterocycles. The normalized spacial score (nSPS) is 23.8. The number of hydrogen-bond donors (Lipinski definition) is 4. The van der Waals surface area contributed by atoms with Gasteiger partial charge in [-0.1, -0.05) is 12.2 Å². The van der Waals surface area contributed by atoms with Crippen LogP contribution in [0.1, 0.15) is 70.6 Å². The summed E-state index contributed by atoms with van der Waals surface area (Å²) in [5, 5.41) is 20.4. The van der Waals surface area contributed by atoms with E-state index in [1.807, 2.05) is 9.80 Å². The number of nitrogens with zero attached hydrogens (tertiary/aromatic N) is 2. The summed E-state index contributed by atoms with van der Waals surface area (Å²) in [6, 6.07) is -0.416. The summed E-state index contributed by atoms with van der Waals surface area (Å²) >= 11 is 0. The Morgan fingerprint density at radius 2 is 1.79 bits per heavy atom. The zero-order chi connectivity index (χ0) is 23.6. The summed E-state index contributed by atoms with van der Waals surface area (Å²) < 4.78 is 6.11. The lowest BCUT2D eigenvalue weighted by atomic mass is 9.97. The van der Waals surface area contributed by atoms with Gasteiger partial charge in [0, 0.05) is 38.3 Å². The van der Waals surface area contributed by atoms with E-state index in [4.69, 9.17) is 15.9 Å². The second-order valence-electron chi connectivity index (χ2n) is 9.55. The molecule has 1 aliphatic carbocycles. The molecule has 9 heteroatoms. The Balaban J connectivity index is 1.52. The minimum atomic E-state index is -0.943. The zero-order valence-corrected chi connectivity index (χ0v) is 19.7. The fourth-order valence-electron chi connectivity index (χ4n) is 5.24. The number of likely N-dealkylation sites (tertiary alicyclic amines) is 2. The number of hydrogen-bond acceptors (Lipinski definition) is 5.